The van der Waals surface area contributed by atoms with Gasteiger partial charge < -0.3 is 11.1 Å². The average Bonchev–Trinajstić information content (AvgIpc) is 2.63. The second-order valence-electron chi connectivity index (χ2n) is 6.08. The molecule has 1 aliphatic carbocycles. The molecule has 2 unspecified atom stereocenters. The molecule has 1 aromatic carbocycles. The van der Waals surface area contributed by atoms with Crippen molar-refractivity contribution in [3.8, 4) is 0 Å². The van der Waals surface area contributed by atoms with Crippen LogP contribution in [0.1, 0.15) is 51.0 Å². The van der Waals surface area contributed by atoms with E-state index in [2.05, 4.69) is 12.2 Å². The molecule has 0 aromatic heterocycles. The summed E-state index contributed by atoms with van der Waals surface area (Å²) >= 11 is 0. The summed E-state index contributed by atoms with van der Waals surface area (Å²) < 4.78 is 0. The Bertz CT molecular complexity index is 444. The lowest BCUT2D eigenvalue weighted by Gasteiger charge is -2.16. The van der Waals surface area contributed by atoms with E-state index in [0.29, 0.717) is 12.5 Å². The maximum absolute atomic E-state index is 12.0. The number of aryl methyl sites for hydroxylation is 1. The monoisotopic (exact) mass is 274 g/mol. The number of rotatable bonds is 4. The van der Waals surface area contributed by atoms with Crippen molar-refractivity contribution >= 4 is 11.6 Å². The Morgan fingerprint density at radius 3 is 2.85 bits per heavy atom. The van der Waals surface area contributed by atoms with Gasteiger partial charge in [-0.25, -0.2) is 0 Å². The normalized spacial score (nSPS) is 23.1. The fourth-order valence-electron chi connectivity index (χ4n) is 2.94. The van der Waals surface area contributed by atoms with Crippen molar-refractivity contribution in [2.45, 2.75) is 57.9 Å². The summed E-state index contributed by atoms with van der Waals surface area (Å²) in [4.78, 5) is 12.0. The Morgan fingerprint density at radius 2 is 2.05 bits per heavy atom. The van der Waals surface area contributed by atoms with Gasteiger partial charge in [0.2, 0.25) is 5.91 Å². The fourth-order valence-corrected chi connectivity index (χ4v) is 2.94. The Morgan fingerprint density at radius 1 is 1.25 bits per heavy atom. The minimum Gasteiger partial charge on any atom is -0.399 e. The molecule has 3 heteroatoms. The van der Waals surface area contributed by atoms with E-state index in [1.54, 1.807) is 0 Å². The lowest BCUT2D eigenvalue weighted by molar-refractivity contribution is -0.121. The molecule has 2 rings (SSSR count). The molecule has 2 atom stereocenters. The van der Waals surface area contributed by atoms with Crippen LogP contribution in [0.15, 0.2) is 24.3 Å². The van der Waals surface area contributed by atoms with Gasteiger partial charge in [-0.2, -0.15) is 0 Å². The third kappa shape index (κ3) is 4.55. The maximum Gasteiger partial charge on any atom is 0.220 e. The summed E-state index contributed by atoms with van der Waals surface area (Å²) in [7, 11) is 0. The summed E-state index contributed by atoms with van der Waals surface area (Å²) in [6.07, 6.45) is 7.27. The van der Waals surface area contributed by atoms with E-state index < -0.39 is 0 Å². The molecule has 20 heavy (non-hydrogen) atoms. The number of nitrogens with two attached hydrogens (primary N) is 1. The van der Waals surface area contributed by atoms with Gasteiger partial charge in [0.25, 0.3) is 0 Å². The highest BCUT2D eigenvalue weighted by Gasteiger charge is 2.17. The molecule has 1 aromatic rings. The van der Waals surface area contributed by atoms with Crippen molar-refractivity contribution < 1.29 is 4.79 Å². The van der Waals surface area contributed by atoms with Crippen molar-refractivity contribution in [2.24, 2.45) is 5.92 Å². The first kappa shape index (κ1) is 14.9. The van der Waals surface area contributed by atoms with E-state index in [-0.39, 0.29) is 5.91 Å². The number of para-hydroxylation sites is 1. The molecule has 1 fully saturated rings. The minimum atomic E-state index is 0.160. The van der Waals surface area contributed by atoms with Crippen LogP contribution in [0.3, 0.4) is 0 Å². The topological polar surface area (TPSA) is 55.1 Å². The molecular formula is C17H26N2O. The minimum absolute atomic E-state index is 0.160. The molecule has 110 valence electrons. The van der Waals surface area contributed by atoms with Gasteiger partial charge in [-0.1, -0.05) is 38.0 Å². The van der Waals surface area contributed by atoms with Crippen molar-refractivity contribution in [1.29, 1.82) is 0 Å². The van der Waals surface area contributed by atoms with E-state index in [9.17, 15) is 4.79 Å². The van der Waals surface area contributed by atoms with E-state index in [0.717, 1.165) is 36.4 Å². The van der Waals surface area contributed by atoms with Gasteiger partial charge in [-0.05, 0) is 43.2 Å². The molecule has 3 nitrogen and oxygen atoms in total. The molecule has 1 aliphatic rings. The Labute approximate surface area is 121 Å². The van der Waals surface area contributed by atoms with Crippen LogP contribution in [0.25, 0.3) is 0 Å². The molecule has 1 amide bonds. The van der Waals surface area contributed by atoms with Gasteiger partial charge in [0.15, 0.2) is 0 Å². The van der Waals surface area contributed by atoms with Gasteiger partial charge in [-0.15, -0.1) is 0 Å². The quantitative estimate of drug-likeness (QED) is 0.654. The highest BCUT2D eigenvalue weighted by molar-refractivity contribution is 5.76. The standard InChI is InChI=1S/C17H26N2O/c1-13-5-4-7-15(11-9-13)19-17(20)12-10-14-6-2-3-8-16(14)18/h2-3,6,8,13,15H,4-5,7,9-12,18H2,1H3,(H,19,20). The van der Waals surface area contributed by atoms with Gasteiger partial charge in [0.05, 0.1) is 0 Å². The van der Waals surface area contributed by atoms with Crippen LogP contribution in [-0.2, 0) is 11.2 Å². The molecule has 0 aliphatic heterocycles. The fraction of sp³-hybridized carbons (Fsp3) is 0.588. The zero-order chi connectivity index (χ0) is 14.4. The van der Waals surface area contributed by atoms with Crippen LogP contribution in [0.4, 0.5) is 5.69 Å². The lowest BCUT2D eigenvalue weighted by atomic mass is 10.0. The van der Waals surface area contributed by atoms with Gasteiger partial charge in [0.1, 0.15) is 0 Å². The van der Waals surface area contributed by atoms with E-state index in [4.69, 9.17) is 5.73 Å². The smallest absolute Gasteiger partial charge is 0.220 e. The van der Waals surface area contributed by atoms with E-state index in [1.807, 2.05) is 24.3 Å². The van der Waals surface area contributed by atoms with Crippen molar-refractivity contribution in [2.75, 3.05) is 5.73 Å². The second-order valence-corrected chi connectivity index (χ2v) is 6.08. The zero-order valence-electron chi connectivity index (χ0n) is 12.4. The number of amides is 1. The molecule has 0 bridgehead atoms. The highest BCUT2D eigenvalue weighted by Crippen LogP contribution is 2.22. The number of carbonyl (C=O) groups is 1. The number of carbonyl (C=O) groups excluding carboxylic acids is 1. The third-order valence-corrected chi connectivity index (χ3v) is 4.30. The number of hydrogen-bond donors (Lipinski definition) is 2. The molecular weight excluding hydrogens is 248 g/mol. The Kier molecular flexibility index (Phi) is 5.45. The largest absolute Gasteiger partial charge is 0.399 e. The van der Waals surface area contributed by atoms with Crippen LogP contribution in [0.2, 0.25) is 0 Å². The van der Waals surface area contributed by atoms with Crippen LogP contribution < -0.4 is 11.1 Å². The molecule has 0 radical (unpaired) electrons. The van der Waals surface area contributed by atoms with E-state index in [1.165, 1.54) is 19.3 Å². The third-order valence-electron chi connectivity index (χ3n) is 4.30. The molecule has 0 saturated heterocycles. The highest BCUT2D eigenvalue weighted by atomic mass is 16.1. The van der Waals surface area contributed by atoms with Crippen LogP contribution >= 0.6 is 0 Å². The summed E-state index contributed by atoms with van der Waals surface area (Å²) in [5.41, 5.74) is 7.74. The lowest BCUT2D eigenvalue weighted by Crippen LogP contribution is -2.34. The van der Waals surface area contributed by atoms with Crippen molar-refractivity contribution in [3.63, 3.8) is 0 Å². The van der Waals surface area contributed by atoms with Gasteiger partial charge in [-0.3, -0.25) is 4.79 Å². The second kappa shape index (κ2) is 7.32. The number of hydrogen-bond acceptors (Lipinski definition) is 2. The van der Waals surface area contributed by atoms with Crippen LogP contribution in [0.5, 0.6) is 0 Å². The van der Waals surface area contributed by atoms with Gasteiger partial charge in [0, 0.05) is 18.2 Å². The van der Waals surface area contributed by atoms with Crippen molar-refractivity contribution in [3.05, 3.63) is 29.8 Å². The predicted molar refractivity (Wildman–Crippen MR) is 83.4 cm³/mol. The average molecular weight is 274 g/mol. The molecule has 0 spiro atoms. The Balaban J connectivity index is 1.76. The SMILES string of the molecule is CC1CCCC(NC(=O)CCc2ccccc2N)CC1. The van der Waals surface area contributed by atoms with Crippen LogP contribution in [-0.4, -0.2) is 11.9 Å². The first-order valence-electron chi connectivity index (χ1n) is 7.78. The molecule has 1 saturated carbocycles. The predicted octanol–water partition coefficient (Wildman–Crippen LogP) is 3.29. The van der Waals surface area contributed by atoms with Crippen LogP contribution in [0, 0.1) is 5.92 Å². The maximum atomic E-state index is 12.0. The molecule has 3 N–H and O–H groups in total. The van der Waals surface area contributed by atoms with Gasteiger partial charge >= 0.3 is 0 Å². The number of anilines is 1. The number of benzene rings is 1. The first-order valence-corrected chi connectivity index (χ1v) is 7.78. The number of nitrogen functional groups attached to an aromatic ring is 1. The summed E-state index contributed by atoms with van der Waals surface area (Å²) in [6.45, 7) is 2.31. The van der Waals surface area contributed by atoms with Crippen molar-refractivity contribution in [1.82, 2.24) is 5.32 Å². The molecule has 0 heterocycles. The summed E-state index contributed by atoms with van der Waals surface area (Å²) in [5.74, 6) is 0.967. The summed E-state index contributed by atoms with van der Waals surface area (Å²) in [5, 5.41) is 3.19. The van der Waals surface area contributed by atoms with E-state index >= 15 is 0 Å². The Hall–Kier alpha value is -1.51. The summed E-state index contributed by atoms with van der Waals surface area (Å²) in [6, 6.07) is 8.15. The first-order chi connectivity index (χ1) is 9.65. The zero-order valence-corrected chi connectivity index (χ0v) is 12.4. The number of nitrogens with one attached hydrogen (secondary N) is 1.